The Morgan fingerprint density at radius 3 is 2.71 bits per heavy atom. The van der Waals surface area contributed by atoms with Crippen LogP contribution in [0.25, 0.3) is 0 Å². The van der Waals surface area contributed by atoms with Gasteiger partial charge in [0.15, 0.2) is 17.7 Å². The molecule has 5 nitrogen and oxygen atoms in total. The topological polar surface area (TPSA) is 75.6 Å². The van der Waals surface area contributed by atoms with Crippen molar-refractivity contribution in [2.45, 2.75) is 13.0 Å². The molecule has 1 rings (SSSR count). The highest BCUT2D eigenvalue weighted by Gasteiger charge is 2.16. The zero-order chi connectivity index (χ0) is 12.8. The van der Waals surface area contributed by atoms with E-state index in [-0.39, 0.29) is 5.75 Å². The number of benzene rings is 1. The lowest BCUT2D eigenvalue weighted by molar-refractivity contribution is -0.139. The van der Waals surface area contributed by atoms with Gasteiger partial charge in [0.05, 0.1) is 0 Å². The molecule has 0 bridgehead atoms. The van der Waals surface area contributed by atoms with Gasteiger partial charge < -0.3 is 15.2 Å². The van der Waals surface area contributed by atoms with E-state index in [0.717, 1.165) is 0 Å². The Labute approximate surface area is 97.2 Å². The van der Waals surface area contributed by atoms with E-state index in [2.05, 4.69) is 5.32 Å². The number of carboxylic acids is 1. The molecule has 0 aliphatic carbocycles. The molecule has 0 fully saturated rings. The van der Waals surface area contributed by atoms with Crippen LogP contribution in [0.15, 0.2) is 24.3 Å². The molecule has 1 unspecified atom stereocenters. The maximum absolute atomic E-state index is 13.2. The SMILES string of the molecule is CC(Oc1ccccc1F)C(=O)NCC(=O)O. The van der Waals surface area contributed by atoms with Crippen molar-refractivity contribution in [2.75, 3.05) is 6.54 Å². The van der Waals surface area contributed by atoms with E-state index in [4.69, 9.17) is 9.84 Å². The fourth-order valence-corrected chi connectivity index (χ4v) is 1.09. The first kappa shape index (κ1) is 13.0. The quantitative estimate of drug-likeness (QED) is 0.799. The van der Waals surface area contributed by atoms with Crippen molar-refractivity contribution in [1.29, 1.82) is 0 Å². The third-order valence-corrected chi connectivity index (χ3v) is 1.92. The van der Waals surface area contributed by atoms with Gasteiger partial charge in [-0.3, -0.25) is 9.59 Å². The summed E-state index contributed by atoms with van der Waals surface area (Å²) in [5, 5.41) is 10.5. The van der Waals surface area contributed by atoms with Crippen LogP contribution in [0.2, 0.25) is 0 Å². The average molecular weight is 241 g/mol. The fraction of sp³-hybridized carbons (Fsp3) is 0.273. The highest BCUT2D eigenvalue weighted by molar-refractivity contribution is 5.84. The van der Waals surface area contributed by atoms with E-state index >= 15 is 0 Å². The van der Waals surface area contributed by atoms with Crippen LogP contribution >= 0.6 is 0 Å². The Hall–Kier alpha value is -2.11. The van der Waals surface area contributed by atoms with Gasteiger partial charge in [0, 0.05) is 0 Å². The summed E-state index contributed by atoms with van der Waals surface area (Å²) < 4.78 is 18.2. The largest absolute Gasteiger partial charge is 0.480 e. The molecule has 1 aromatic rings. The third-order valence-electron chi connectivity index (χ3n) is 1.92. The minimum atomic E-state index is -1.16. The minimum absolute atomic E-state index is 0.0505. The van der Waals surface area contributed by atoms with E-state index in [1.54, 1.807) is 6.07 Å². The van der Waals surface area contributed by atoms with Gasteiger partial charge in [-0.05, 0) is 19.1 Å². The van der Waals surface area contributed by atoms with Gasteiger partial charge in [-0.1, -0.05) is 12.1 Å². The molecule has 1 aromatic carbocycles. The lowest BCUT2D eigenvalue weighted by atomic mass is 10.3. The maximum atomic E-state index is 13.2. The van der Waals surface area contributed by atoms with Crippen LogP contribution in [0.1, 0.15) is 6.92 Å². The monoisotopic (exact) mass is 241 g/mol. The summed E-state index contributed by atoms with van der Waals surface area (Å²) in [5.74, 6) is -2.40. The van der Waals surface area contributed by atoms with Gasteiger partial charge in [-0.25, -0.2) is 4.39 Å². The Kier molecular flexibility index (Phi) is 4.45. The van der Waals surface area contributed by atoms with E-state index in [1.807, 2.05) is 0 Å². The molecule has 0 aliphatic heterocycles. The van der Waals surface area contributed by atoms with Crippen LogP contribution in [0.3, 0.4) is 0 Å². The molecule has 1 atom stereocenters. The van der Waals surface area contributed by atoms with Crippen molar-refractivity contribution in [3.63, 3.8) is 0 Å². The molecule has 0 spiro atoms. The zero-order valence-corrected chi connectivity index (χ0v) is 9.14. The predicted molar refractivity (Wildman–Crippen MR) is 57.1 cm³/mol. The van der Waals surface area contributed by atoms with Gasteiger partial charge in [0.25, 0.3) is 5.91 Å². The first-order valence-corrected chi connectivity index (χ1v) is 4.91. The van der Waals surface area contributed by atoms with Crippen LogP contribution in [0, 0.1) is 5.82 Å². The molecule has 92 valence electrons. The highest BCUT2D eigenvalue weighted by Crippen LogP contribution is 2.16. The second-order valence-corrected chi connectivity index (χ2v) is 3.30. The predicted octanol–water partition coefficient (Wildman–Crippen LogP) is 0.794. The number of carbonyl (C=O) groups is 2. The van der Waals surface area contributed by atoms with E-state index in [1.165, 1.54) is 25.1 Å². The van der Waals surface area contributed by atoms with Crippen LogP contribution in [0.4, 0.5) is 4.39 Å². The third kappa shape index (κ3) is 4.10. The molecule has 0 radical (unpaired) electrons. The summed E-state index contributed by atoms with van der Waals surface area (Å²) in [7, 11) is 0. The fourth-order valence-electron chi connectivity index (χ4n) is 1.09. The Balaban J connectivity index is 2.54. The molecular weight excluding hydrogens is 229 g/mol. The molecule has 0 saturated carbocycles. The van der Waals surface area contributed by atoms with Crippen molar-refractivity contribution in [2.24, 2.45) is 0 Å². The van der Waals surface area contributed by atoms with Crippen molar-refractivity contribution in [3.8, 4) is 5.75 Å². The Morgan fingerprint density at radius 2 is 2.12 bits per heavy atom. The summed E-state index contributed by atoms with van der Waals surface area (Å²) in [5.41, 5.74) is 0. The molecule has 0 aromatic heterocycles. The number of rotatable bonds is 5. The normalized spacial score (nSPS) is 11.6. The molecule has 0 saturated heterocycles. The smallest absolute Gasteiger partial charge is 0.322 e. The molecule has 1 amide bonds. The van der Waals surface area contributed by atoms with Gasteiger partial charge in [0.2, 0.25) is 0 Å². The molecule has 0 heterocycles. The number of hydrogen-bond acceptors (Lipinski definition) is 3. The Bertz CT molecular complexity index is 422. The highest BCUT2D eigenvalue weighted by atomic mass is 19.1. The zero-order valence-electron chi connectivity index (χ0n) is 9.14. The first-order valence-electron chi connectivity index (χ1n) is 4.91. The number of halogens is 1. The number of nitrogens with one attached hydrogen (secondary N) is 1. The lowest BCUT2D eigenvalue weighted by Gasteiger charge is -2.14. The molecule has 2 N–H and O–H groups in total. The molecule has 17 heavy (non-hydrogen) atoms. The number of para-hydroxylation sites is 1. The first-order chi connectivity index (χ1) is 8.00. The molecule has 6 heteroatoms. The maximum Gasteiger partial charge on any atom is 0.322 e. The van der Waals surface area contributed by atoms with E-state index < -0.39 is 30.3 Å². The van der Waals surface area contributed by atoms with E-state index in [0.29, 0.717) is 0 Å². The average Bonchev–Trinajstić information content (AvgIpc) is 2.28. The van der Waals surface area contributed by atoms with E-state index in [9.17, 15) is 14.0 Å². The summed E-state index contributed by atoms with van der Waals surface area (Å²) in [6.07, 6.45) is -0.966. The number of aliphatic carboxylic acids is 1. The second kappa shape index (κ2) is 5.83. The van der Waals surface area contributed by atoms with Crippen molar-refractivity contribution < 1.29 is 23.8 Å². The van der Waals surface area contributed by atoms with Gasteiger partial charge in [-0.2, -0.15) is 0 Å². The van der Waals surface area contributed by atoms with Crippen LogP contribution in [0.5, 0.6) is 5.75 Å². The summed E-state index contributed by atoms with van der Waals surface area (Å²) in [6, 6.07) is 5.66. The van der Waals surface area contributed by atoms with Gasteiger partial charge in [-0.15, -0.1) is 0 Å². The molecule has 0 aliphatic rings. The minimum Gasteiger partial charge on any atom is -0.480 e. The number of ether oxygens (including phenoxy) is 1. The van der Waals surface area contributed by atoms with Crippen molar-refractivity contribution in [3.05, 3.63) is 30.1 Å². The number of carbonyl (C=O) groups excluding carboxylic acids is 1. The summed E-state index contributed by atoms with van der Waals surface area (Å²) >= 11 is 0. The van der Waals surface area contributed by atoms with Crippen molar-refractivity contribution in [1.82, 2.24) is 5.32 Å². The van der Waals surface area contributed by atoms with Gasteiger partial charge in [0.1, 0.15) is 6.54 Å². The number of carboxylic acid groups (broad SMARTS) is 1. The van der Waals surface area contributed by atoms with Crippen LogP contribution in [-0.2, 0) is 9.59 Å². The van der Waals surface area contributed by atoms with Crippen LogP contribution < -0.4 is 10.1 Å². The number of hydrogen-bond donors (Lipinski definition) is 2. The number of amides is 1. The van der Waals surface area contributed by atoms with Gasteiger partial charge >= 0.3 is 5.97 Å². The van der Waals surface area contributed by atoms with Crippen LogP contribution in [-0.4, -0.2) is 29.6 Å². The van der Waals surface area contributed by atoms with Crippen molar-refractivity contribution >= 4 is 11.9 Å². The Morgan fingerprint density at radius 1 is 1.47 bits per heavy atom. The molecular formula is C11H12FNO4. The second-order valence-electron chi connectivity index (χ2n) is 3.30. The summed E-state index contributed by atoms with van der Waals surface area (Å²) in [4.78, 5) is 21.6. The lowest BCUT2D eigenvalue weighted by Crippen LogP contribution is -2.39. The summed E-state index contributed by atoms with van der Waals surface area (Å²) in [6.45, 7) is 0.910. The standard InChI is InChI=1S/C11H12FNO4/c1-7(11(16)13-6-10(14)15)17-9-5-3-2-4-8(9)12/h2-5,7H,6H2,1H3,(H,13,16)(H,14,15).